The van der Waals surface area contributed by atoms with Crippen LogP contribution < -0.4 is 4.74 Å². The highest BCUT2D eigenvalue weighted by atomic mass is 79.9. The van der Waals surface area contributed by atoms with Gasteiger partial charge in [-0.3, -0.25) is 4.90 Å². The van der Waals surface area contributed by atoms with E-state index in [1.165, 1.54) is 37.7 Å². The summed E-state index contributed by atoms with van der Waals surface area (Å²) >= 11 is 3.59. The molecule has 0 saturated heterocycles. The van der Waals surface area contributed by atoms with Crippen molar-refractivity contribution in [2.24, 2.45) is 0 Å². The van der Waals surface area contributed by atoms with Crippen LogP contribution in [0.4, 0.5) is 0 Å². The van der Waals surface area contributed by atoms with Gasteiger partial charge in [0.15, 0.2) is 0 Å². The Labute approximate surface area is 125 Å². The van der Waals surface area contributed by atoms with E-state index in [9.17, 15) is 0 Å². The molecule has 19 heavy (non-hydrogen) atoms. The number of alkyl halides is 1. The summed E-state index contributed by atoms with van der Waals surface area (Å²) in [5, 5.41) is 1.05. The largest absolute Gasteiger partial charge is 0.497 e. The number of ether oxygens (including phenoxy) is 1. The third kappa shape index (κ3) is 4.50. The molecule has 0 bridgehead atoms. The third-order valence-electron chi connectivity index (χ3n) is 3.98. The predicted molar refractivity (Wildman–Crippen MR) is 84.1 cm³/mol. The van der Waals surface area contributed by atoms with E-state index in [2.05, 4.69) is 39.0 Å². The number of hydrogen-bond acceptors (Lipinski definition) is 2. The second kappa shape index (κ2) is 7.91. The minimum absolute atomic E-state index is 0.762. The van der Waals surface area contributed by atoms with Gasteiger partial charge in [-0.05, 0) is 30.5 Å². The van der Waals surface area contributed by atoms with E-state index in [1.54, 1.807) is 7.11 Å². The van der Waals surface area contributed by atoms with Crippen LogP contribution in [-0.4, -0.2) is 29.9 Å². The normalized spacial score (nSPS) is 16.8. The summed E-state index contributed by atoms with van der Waals surface area (Å²) in [5.74, 6) is 0.958. The Hall–Kier alpha value is -0.540. The highest BCUT2D eigenvalue weighted by Gasteiger charge is 2.20. The molecule has 1 aliphatic carbocycles. The summed E-state index contributed by atoms with van der Waals surface area (Å²) in [6.07, 6.45) is 6.91. The fraction of sp³-hybridized carbons (Fsp3) is 0.625. The first-order valence-electron chi connectivity index (χ1n) is 7.26. The van der Waals surface area contributed by atoms with Crippen molar-refractivity contribution in [1.29, 1.82) is 0 Å². The van der Waals surface area contributed by atoms with Gasteiger partial charge in [0.2, 0.25) is 0 Å². The van der Waals surface area contributed by atoms with Gasteiger partial charge in [-0.2, -0.15) is 0 Å². The molecule has 2 nitrogen and oxygen atoms in total. The van der Waals surface area contributed by atoms with Crippen LogP contribution in [0.3, 0.4) is 0 Å². The first-order valence-corrected chi connectivity index (χ1v) is 8.38. The van der Waals surface area contributed by atoms with Gasteiger partial charge in [0.05, 0.1) is 7.11 Å². The number of nitrogens with zero attached hydrogens (tertiary/aromatic N) is 1. The number of rotatable bonds is 6. The smallest absolute Gasteiger partial charge is 0.119 e. The molecule has 0 unspecified atom stereocenters. The summed E-state index contributed by atoms with van der Waals surface area (Å²) in [7, 11) is 1.73. The van der Waals surface area contributed by atoms with Crippen LogP contribution in [0, 0.1) is 0 Å². The van der Waals surface area contributed by atoms with Crippen molar-refractivity contribution in [3.05, 3.63) is 29.8 Å². The van der Waals surface area contributed by atoms with Gasteiger partial charge in [0.25, 0.3) is 0 Å². The molecule has 0 N–H and O–H groups in total. The van der Waals surface area contributed by atoms with Crippen LogP contribution in [0.25, 0.3) is 0 Å². The minimum Gasteiger partial charge on any atom is -0.497 e. The molecule has 3 heteroatoms. The maximum Gasteiger partial charge on any atom is 0.119 e. The Kier molecular flexibility index (Phi) is 6.18. The zero-order valence-electron chi connectivity index (χ0n) is 11.8. The maximum absolute atomic E-state index is 5.31. The summed E-state index contributed by atoms with van der Waals surface area (Å²) in [6, 6.07) is 9.22. The predicted octanol–water partition coefficient (Wildman–Crippen LogP) is 4.22. The van der Waals surface area contributed by atoms with Gasteiger partial charge in [-0.25, -0.2) is 0 Å². The third-order valence-corrected chi connectivity index (χ3v) is 4.34. The molecule has 1 aromatic carbocycles. The molecule has 1 aromatic rings. The van der Waals surface area contributed by atoms with Crippen molar-refractivity contribution in [2.45, 2.75) is 44.7 Å². The van der Waals surface area contributed by atoms with E-state index in [0.29, 0.717) is 0 Å². The molecule has 1 saturated carbocycles. The highest BCUT2D eigenvalue weighted by molar-refractivity contribution is 9.09. The fourth-order valence-corrected chi connectivity index (χ4v) is 3.41. The standard InChI is InChI=1S/C16H24BrNO/c1-19-16-9-5-6-14(12-16)13-18(11-10-17)15-7-3-2-4-8-15/h5-6,9,12,15H,2-4,7-8,10-11,13H2,1H3. The van der Waals surface area contributed by atoms with Crippen LogP contribution in [-0.2, 0) is 6.54 Å². The van der Waals surface area contributed by atoms with E-state index < -0.39 is 0 Å². The average Bonchev–Trinajstić information content (AvgIpc) is 2.48. The quantitative estimate of drug-likeness (QED) is 0.726. The molecule has 0 aromatic heterocycles. The topological polar surface area (TPSA) is 12.5 Å². The molecule has 1 aliphatic rings. The Bertz CT molecular complexity index is 377. The van der Waals surface area contributed by atoms with Crippen molar-refractivity contribution in [2.75, 3.05) is 19.0 Å². The fourth-order valence-electron chi connectivity index (χ4n) is 2.95. The molecule has 106 valence electrons. The Morgan fingerprint density at radius 3 is 2.74 bits per heavy atom. The lowest BCUT2D eigenvalue weighted by atomic mass is 9.94. The van der Waals surface area contributed by atoms with Gasteiger partial charge in [0, 0.05) is 24.5 Å². The van der Waals surface area contributed by atoms with Crippen LogP contribution in [0.2, 0.25) is 0 Å². The zero-order chi connectivity index (χ0) is 13.5. The SMILES string of the molecule is COc1cccc(CN(CCBr)C2CCCCC2)c1. The number of methoxy groups -OCH3 is 1. The summed E-state index contributed by atoms with van der Waals surface area (Å²) in [6.45, 7) is 2.16. The van der Waals surface area contributed by atoms with Gasteiger partial charge in [0.1, 0.15) is 5.75 Å². The van der Waals surface area contributed by atoms with E-state index >= 15 is 0 Å². The maximum atomic E-state index is 5.31. The molecule has 0 aliphatic heterocycles. The zero-order valence-corrected chi connectivity index (χ0v) is 13.4. The van der Waals surface area contributed by atoms with Gasteiger partial charge < -0.3 is 4.74 Å². The van der Waals surface area contributed by atoms with Crippen LogP contribution in [0.5, 0.6) is 5.75 Å². The van der Waals surface area contributed by atoms with Crippen molar-refractivity contribution in [1.82, 2.24) is 4.90 Å². The van der Waals surface area contributed by atoms with E-state index in [-0.39, 0.29) is 0 Å². The molecular formula is C16H24BrNO. The van der Waals surface area contributed by atoms with Gasteiger partial charge >= 0.3 is 0 Å². The monoisotopic (exact) mass is 325 g/mol. The molecule has 0 heterocycles. The summed E-state index contributed by atoms with van der Waals surface area (Å²) < 4.78 is 5.31. The summed E-state index contributed by atoms with van der Waals surface area (Å²) in [5.41, 5.74) is 1.35. The first kappa shape index (κ1) is 14.9. The van der Waals surface area contributed by atoms with E-state index in [1.807, 2.05) is 6.07 Å². The lowest BCUT2D eigenvalue weighted by Gasteiger charge is -2.34. The van der Waals surface area contributed by atoms with Crippen molar-refractivity contribution in [3.8, 4) is 5.75 Å². The summed E-state index contributed by atoms with van der Waals surface area (Å²) in [4.78, 5) is 2.63. The molecule has 0 spiro atoms. The van der Waals surface area contributed by atoms with Gasteiger partial charge in [-0.1, -0.05) is 47.3 Å². The van der Waals surface area contributed by atoms with E-state index in [4.69, 9.17) is 4.74 Å². The molecule has 0 radical (unpaired) electrons. The van der Waals surface area contributed by atoms with Gasteiger partial charge in [-0.15, -0.1) is 0 Å². The Morgan fingerprint density at radius 1 is 1.26 bits per heavy atom. The molecular weight excluding hydrogens is 302 g/mol. The molecule has 2 rings (SSSR count). The number of benzene rings is 1. The van der Waals surface area contributed by atoms with Crippen molar-refractivity contribution < 1.29 is 4.74 Å². The van der Waals surface area contributed by atoms with Crippen LogP contribution >= 0.6 is 15.9 Å². The second-order valence-corrected chi connectivity index (χ2v) is 6.10. The lowest BCUT2D eigenvalue weighted by Crippen LogP contribution is -2.37. The number of halogens is 1. The molecule has 1 fully saturated rings. The Morgan fingerprint density at radius 2 is 2.05 bits per heavy atom. The van der Waals surface area contributed by atoms with Crippen LogP contribution in [0.1, 0.15) is 37.7 Å². The molecule has 0 amide bonds. The highest BCUT2D eigenvalue weighted by Crippen LogP contribution is 2.24. The van der Waals surface area contributed by atoms with Crippen molar-refractivity contribution >= 4 is 15.9 Å². The average molecular weight is 326 g/mol. The number of hydrogen-bond donors (Lipinski definition) is 0. The first-order chi connectivity index (χ1) is 9.33. The Balaban J connectivity index is 2.01. The van der Waals surface area contributed by atoms with E-state index in [0.717, 1.165) is 30.2 Å². The minimum atomic E-state index is 0.762. The second-order valence-electron chi connectivity index (χ2n) is 5.30. The van der Waals surface area contributed by atoms with Crippen molar-refractivity contribution in [3.63, 3.8) is 0 Å². The molecule has 0 atom stereocenters. The van der Waals surface area contributed by atoms with Crippen LogP contribution in [0.15, 0.2) is 24.3 Å². The lowest BCUT2D eigenvalue weighted by molar-refractivity contribution is 0.157.